The van der Waals surface area contributed by atoms with Gasteiger partial charge in [-0.05, 0) is 0 Å². The Bertz CT molecular complexity index is 663. The first-order chi connectivity index (χ1) is 7.79. The fourth-order valence-corrected chi connectivity index (χ4v) is 2.70. The van der Waals surface area contributed by atoms with Gasteiger partial charge in [0.15, 0.2) is 6.29 Å². The van der Waals surface area contributed by atoms with E-state index >= 15 is 0 Å². The Balaban J connectivity index is 2.30. The van der Waals surface area contributed by atoms with Crippen molar-refractivity contribution in [2.75, 3.05) is 0 Å². The molecule has 16 heavy (non-hydrogen) atoms. The van der Waals surface area contributed by atoms with Crippen LogP contribution in [0.3, 0.4) is 0 Å². The van der Waals surface area contributed by atoms with Gasteiger partial charge in [-0.2, -0.15) is 5.10 Å². The number of aryl methyl sites for hydroxylation is 1. The maximum atomic E-state index is 11.1. The predicted octanol–water partition coefficient (Wildman–Crippen LogP) is 1.61. The zero-order valence-corrected chi connectivity index (χ0v) is 9.31. The molecule has 0 bridgehead atoms. The molecule has 3 heterocycles. The van der Waals surface area contributed by atoms with Crippen molar-refractivity contribution < 1.29 is 4.79 Å². The van der Waals surface area contributed by atoms with Crippen LogP contribution in [-0.4, -0.2) is 25.5 Å². The molecule has 0 aromatic carbocycles. The summed E-state index contributed by atoms with van der Waals surface area (Å²) in [4.78, 5) is 17.0. The number of imidazole rings is 1. The highest BCUT2D eigenvalue weighted by Crippen LogP contribution is 2.31. The molecule has 0 fully saturated rings. The Morgan fingerprint density at radius 3 is 3.00 bits per heavy atom. The van der Waals surface area contributed by atoms with Gasteiger partial charge in [-0.1, -0.05) is 0 Å². The van der Waals surface area contributed by atoms with E-state index < -0.39 is 0 Å². The van der Waals surface area contributed by atoms with E-state index in [4.69, 9.17) is 0 Å². The summed E-state index contributed by atoms with van der Waals surface area (Å²) in [7, 11) is 1.85. The maximum absolute atomic E-state index is 11.1. The molecular weight excluding hydrogens is 224 g/mol. The molecule has 3 aromatic rings. The van der Waals surface area contributed by atoms with Crippen LogP contribution in [0, 0.1) is 0 Å². The molecule has 80 valence electrons. The molecule has 0 spiro atoms. The summed E-state index contributed by atoms with van der Waals surface area (Å²) in [5.41, 5.74) is 1.59. The molecule has 3 rings (SSSR count). The Kier molecular flexibility index (Phi) is 1.90. The second-order valence-electron chi connectivity index (χ2n) is 3.44. The van der Waals surface area contributed by atoms with Crippen molar-refractivity contribution in [1.29, 1.82) is 0 Å². The lowest BCUT2D eigenvalue weighted by molar-refractivity contribution is 0.111. The number of carbonyl (C=O) groups is 1. The van der Waals surface area contributed by atoms with Gasteiger partial charge in [-0.3, -0.25) is 13.9 Å². The van der Waals surface area contributed by atoms with Crippen LogP contribution in [0.2, 0.25) is 0 Å². The van der Waals surface area contributed by atoms with Crippen molar-refractivity contribution in [1.82, 2.24) is 19.2 Å². The van der Waals surface area contributed by atoms with Gasteiger partial charge < -0.3 is 0 Å². The largest absolute Gasteiger partial charge is 0.296 e. The van der Waals surface area contributed by atoms with Gasteiger partial charge in [0.2, 0.25) is 0 Å². The molecule has 5 nitrogen and oxygen atoms in total. The summed E-state index contributed by atoms with van der Waals surface area (Å²) < 4.78 is 3.51. The Hall–Kier alpha value is -1.95. The number of hydrogen-bond acceptors (Lipinski definition) is 4. The molecule has 0 unspecified atom stereocenters. The highest BCUT2D eigenvalue weighted by Gasteiger charge is 2.14. The van der Waals surface area contributed by atoms with Gasteiger partial charge in [0.05, 0.1) is 17.3 Å². The number of nitrogens with zero attached hydrogens (tertiary/aromatic N) is 4. The quantitative estimate of drug-likeness (QED) is 0.631. The van der Waals surface area contributed by atoms with Crippen molar-refractivity contribution in [3.8, 4) is 10.4 Å². The Morgan fingerprint density at radius 1 is 1.44 bits per heavy atom. The van der Waals surface area contributed by atoms with E-state index in [1.165, 1.54) is 11.3 Å². The topological polar surface area (TPSA) is 52.2 Å². The number of fused-ring (bicyclic) bond motifs is 1. The van der Waals surface area contributed by atoms with Gasteiger partial charge in [-0.15, -0.1) is 11.3 Å². The SMILES string of the molecule is Cn1cc(-c2sc3cncn3c2C=O)cn1. The lowest BCUT2D eigenvalue weighted by Gasteiger charge is -1.92. The number of thiazole rings is 1. The zero-order valence-electron chi connectivity index (χ0n) is 8.49. The Labute approximate surface area is 95.0 Å². The van der Waals surface area contributed by atoms with Crippen molar-refractivity contribution in [2.24, 2.45) is 7.05 Å². The highest BCUT2D eigenvalue weighted by molar-refractivity contribution is 7.21. The third kappa shape index (κ3) is 1.20. The van der Waals surface area contributed by atoms with Crippen LogP contribution in [0.4, 0.5) is 0 Å². The lowest BCUT2D eigenvalue weighted by atomic mass is 10.2. The summed E-state index contributed by atoms with van der Waals surface area (Å²) in [6.07, 6.45) is 7.90. The fraction of sp³-hybridized carbons (Fsp3) is 0.100. The van der Waals surface area contributed by atoms with Crippen LogP contribution in [0.25, 0.3) is 15.3 Å². The van der Waals surface area contributed by atoms with Crippen molar-refractivity contribution >= 4 is 22.5 Å². The van der Waals surface area contributed by atoms with Gasteiger partial charge in [0.25, 0.3) is 0 Å². The van der Waals surface area contributed by atoms with Crippen LogP contribution >= 0.6 is 11.3 Å². The smallest absolute Gasteiger partial charge is 0.168 e. The third-order valence-electron chi connectivity index (χ3n) is 2.38. The normalized spacial score (nSPS) is 11.1. The predicted molar refractivity (Wildman–Crippen MR) is 60.7 cm³/mol. The van der Waals surface area contributed by atoms with Crippen LogP contribution in [-0.2, 0) is 7.05 Å². The summed E-state index contributed by atoms with van der Waals surface area (Å²) in [5, 5.41) is 4.11. The minimum absolute atomic E-state index is 0.630. The molecule has 3 aromatic heterocycles. The van der Waals surface area contributed by atoms with Gasteiger partial charge >= 0.3 is 0 Å². The summed E-state index contributed by atoms with van der Waals surface area (Å²) >= 11 is 1.54. The van der Waals surface area contributed by atoms with Crippen molar-refractivity contribution in [2.45, 2.75) is 0 Å². The Morgan fingerprint density at radius 2 is 2.31 bits per heavy atom. The van der Waals surface area contributed by atoms with E-state index in [9.17, 15) is 4.79 Å². The third-order valence-corrected chi connectivity index (χ3v) is 3.54. The minimum atomic E-state index is 0.630. The van der Waals surface area contributed by atoms with Gasteiger partial charge in [0.1, 0.15) is 16.9 Å². The number of rotatable bonds is 2. The number of carbonyl (C=O) groups excluding carboxylic acids is 1. The molecule has 0 aliphatic carbocycles. The van der Waals surface area contributed by atoms with E-state index in [-0.39, 0.29) is 0 Å². The summed E-state index contributed by atoms with van der Waals surface area (Å²) in [5.74, 6) is 0. The summed E-state index contributed by atoms with van der Waals surface area (Å²) in [6, 6.07) is 0. The summed E-state index contributed by atoms with van der Waals surface area (Å²) in [6.45, 7) is 0. The van der Waals surface area contributed by atoms with E-state index in [1.807, 2.05) is 13.2 Å². The number of hydrogen-bond donors (Lipinski definition) is 0. The zero-order chi connectivity index (χ0) is 11.1. The molecule has 0 radical (unpaired) electrons. The highest BCUT2D eigenvalue weighted by atomic mass is 32.1. The second kappa shape index (κ2) is 3.28. The molecule has 0 aliphatic rings. The first kappa shape index (κ1) is 9.29. The van der Waals surface area contributed by atoms with Crippen LogP contribution < -0.4 is 0 Å². The average Bonchev–Trinajstić information content (AvgIpc) is 2.90. The standard InChI is InChI=1S/C10H8N4OS/c1-13-4-7(2-12-13)10-8(5-15)14-6-11-3-9(14)16-10/h2-6H,1H3. The number of aldehydes is 1. The molecule has 6 heteroatoms. The first-order valence-electron chi connectivity index (χ1n) is 4.68. The second-order valence-corrected chi connectivity index (χ2v) is 4.47. The number of aromatic nitrogens is 4. The molecule has 0 saturated carbocycles. The maximum Gasteiger partial charge on any atom is 0.168 e. The van der Waals surface area contributed by atoms with Crippen molar-refractivity contribution in [3.05, 3.63) is 30.6 Å². The molecule has 0 saturated heterocycles. The van der Waals surface area contributed by atoms with Crippen LogP contribution in [0.15, 0.2) is 24.9 Å². The van der Waals surface area contributed by atoms with Gasteiger partial charge in [0, 0.05) is 18.8 Å². The monoisotopic (exact) mass is 232 g/mol. The molecule has 0 amide bonds. The van der Waals surface area contributed by atoms with E-state index in [1.54, 1.807) is 27.8 Å². The fourth-order valence-electron chi connectivity index (χ4n) is 1.66. The average molecular weight is 232 g/mol. The van der Waals surface area contributed by atoms with Crippen LogP contribution in [0.5, 0.6) is 0 Å². The lowest BCUT2D eigenvalue weighted by Crippen LogP contribution is -1.89. The van der Waals surface area contributed by atoms with Gasteiger partial charge in [-0.25, -0.2) is 4.98 Å². The van der Waals surface area contributed by atoms with Crippen molar-refractivity contribution in [3.63, 3.8) is 0 Å². The molecular formula is C10H8N4OS. The first-order valence-corrected chi connectivity index (χ1v) is 5.50. The van der Waals surface area contributed by atoms with E-state index in [0.717, 1.165) is 21.6 Å². The minimum Gasteiger partial charge on any atom is -0.296 e. The van der Waals surface area contributed by atoms with E-state index in [2.05, 4.69) is 10.1 Å². The molecule has 0 atom stereocenters. The molecule has 0 aliphatic heterocycles. The van der Waals surface area contributed by atoms with E-state index in [0.29, 0.717) is 5.69 Å². The molecule has 0 N–H and O–H groups in total. The van der Waals surface area contributed by atoms with Crippen LogP contribution in [0.1, 0.15) is 10.5 Å².